The summed E-state index contributed by atoms with van der Waals surface area (Å²) in [6.07, 6.45) is -1.23. The number of sulfonamides is 1. The Morgan fingerprint density at radius 2 is 1.62 bits per heavy atom. The first-order chi connectivity index (χ1) is 15.2. The van der Waals surface area contributed by atoms with Crippen molar-refractivity contribution in [3.63, 3.8) is 0 Å². The van der Waals surface area contributed by atoms with E-state index in [0.717, 1.165) is 11.1 Å². The van der Waals surface area contributed by atoms with E-state index in [2.05, 4.69) is 10.0 Å². The number of hydrogen-bond acceptors (Lipinski definition) is 5. The van der Waals surface area contributed by atoms with Crippen LogP contribution in [0.15, 0.2) is 77.7 Å². The van der Waals surface area contributed by atoms with Crippen molar-refractivity contribution in [2.24, 2.45) is 0 Å². The lowest BCUT2D eigenvalue weighted by Gasteiger charge is -2.19. The molecule has 1 amide bonds. The molecule has 0 saturated heterocycles. The third-order valence-electron chi connectivity index (χ3n) is 4.87. The van der Waals surface area contributed by atoms with Crippen LogP contribution in [0.4, 0.5) is 5.69 Å². The van der Waals surface area contributed by atoms with Gasteiger partial charge in [0.1, 0.15) is 0 Å². The number of rotatable bonds is 7. The summed E-state index contributed by atoms with van der Waals surface area (Å²) in [6.45, 7) is 3.78. The van der Waals surface area contributed by atoms with E-state index < -0.39 is 28.0 Å². The van der Waals surface area contributed by atoms with E-state index in [1.54, 1.807) is 30.3 Å². The molecule has 0 saturated carbocycles. The Labute approximate surface area is 187 Å². The molecule has 3 aromatic rings. The Balaban J connectivity index is 1.90. The van der Waals surface area contributed by atoms with Crippen LogP contribution in [0.3, 0.4) is 0 Å². The number of benzene rings is 3. The number of esters is 1. The van der Waals surface area contributed by atoms with Crippen LogP contribution in [-0.4, -0.2) is 27.3 Å². The number of ether oxygens (including phenoxy) is 1. The lowest BCUT2D eigenvalue weighted by atomic mass is 10.1. The smallest absolute Gasteiger partial charge is 0.339 e. The van der Waals surface area contributed by atoms with E-state index in [0.29, 0.717) is 11.3 Å². The minimum absolute atomic E-state index is 0.0155. The SMILES string of the molecule is CNS(=O)(=O)c1cccc(C(=O)O[C@@H](C(=O)Nc2cc(C)ccc2C)c2ccccc2)c1. The van der Waals surface area contributed by atoms with E-state index in [4.69, 9.17) is 4.74 Å². The van der Waals surface area contributed by atoms with E-state index in [9.17, 15) is 18.0 Å². The molecule has 8 heteroatoms. The van der Waals surface area contributed by atoms with Crippen molar-refractivity contribution < 1.29 is 22.7 Å². The summed E-state index contributed by atoms with van der Waals surface area (Å²) in [5.74, 6) is -1.33. The number of carbonyl (C=O) groups is 2. The highest BCUT2D eigenvalue weighted by Gasteiger charge is 2.27. The first-order valence-corrected chi connectivity index (χ1v) is 11.4. The zero-order valence-corrected chi connectivity index (χ0v) is 18.8. The minimum atomic E-state index is -3.74. The van der Waals surface area contributed by atoms with E-state index in [1.807, 2.05) is 32.0 Å². The van der Waals surface area contributed by atoms with Gasteiger partial charge >= 0.3 is 5.97 Å². The third kappa shape index (κ3) is 5.40. The van der Waals surface area contributed by atoms with Crippen molar-refractivity contribution in [1.82, 2.24) is 4.72 Å². The Morgan fingerprint density at radius 1 is 0.906 bits per heavy atom. The molecule has 166 valence electrons. The zero-order chi connectivity index (χ0) is 23.3. The van der Waals surface area contributed by atoms with Crippen molar-refractivity contribution in [3.05, 3.63) is 95.1 Å². The molecule has 0 fully saturated rings. The normalized spacial score (nSPS) is 12.1. The van der Waals surface area contributed by atoms with Gasteiger partial charge < -0.3 is 10.1 Å². The van der Waals surface area contributed by atoms with Gasteiger partial charge in [0.05, 0.1) is 10.5 Å². The highest BCUT2D eigenvalue weighted by molar-refractivity contribution is 7.89. The van der Waals surface area contributed by atoms with Gasteiger partial charge in [-0.25, -0.2) is 17.9 Å². The number of carbonyl (C=O) groups excluding carboxylic acids is 2. The molecule has 7 nitrogen and oxygen atoms in total. The summed E-state index contributed by atoms with van der Waals surface area (Å²) in [5.41, 5.74) is 2.97. The number of anilines is 1. The van der Waals surface area contributed by atoms with Crippen LogP contribution >= 0.6 is 0 Å². The van der Waals surface area contributed by atoms with Gasteiger partial charge in [0, 0.05) is 11.3 Å². The Bertz CT molecular complexity index is 1240. The monoisotopic (exact) mass is 452 g/mol. The van der Waals surface area contributed by atoms with Crippen LogP contribution in [0.1, 0.15) is 33.2 Å². The second-order valence-electron chi connectivity index (χ2n) is 7.24. The molecule has 3 rings (SSSR count). The molecule has 32 heavy (non-hydrogen) atoms. The molecule has 0 aromatic heterocycles. The van der Waals surface area contributed by atoms with Gasteiger partial charge in [-0.1, -0.05) is 48.5 Å². The van der Waals surface area contributed by atoms with Crippen LogP contribution < -0.4 is 10.0 Å². The van der Waals surface area contributed by atoms with Crippen LogP contribution in [0.2, 0.25) is 0 Å². The quantitative estimate of drug-likeness (QED) is 0.532. The Kier molecular flexibility index (Phi) is 7.07. The summed E-state index contributed by atoms with van der Waals surface area (Å²) in [6, 6.07) is 19.7. The standard InChI is InChI=1S/C24H24N2O5S/c1-16-12-13-17(2)21(14-16)26-23(27)22(18-8-5-4-6-9-18)31-24(28)19-10-7-11-20(15-19)32(29,30)25-3/h4-15,22,25H,1-3H3,(H,26,27)/t22-/m1/s1. The number of nitrogens with one attached hydrogen (secondary N) is 2. The molecule has 0 aliphatic heterocycles. The van der Waals surface area contributed by atoms with Gasteiger partial charge in [0.2, 0.25) is 16.1 Å². The average Bonchev–Trinajstić information content (AvgIpc) is 2.80. The summed E-state index contributed by atoms with van der Waals surface area (Å²) < 4.78 is 31.9. The van der Waals surface area contributed by atoms with E-state index in [1.165, 1.54) is 31.3 Å². The highest BCUT2D eigenvalue weighted by atomic mass is 32.2. The molecule has 0 aliphatic rings. The molecular weight excluding hydrogens is 428 g/mol. The number of amides is 1. The van der Waals surface area contributed by atoms with E-state index in [-0.39, 0.29) is 10.5 Å². The molecule has 1 atom stereocenters. The first kappa shape index (κ1) is 23.2. The lowest BCUT2D eigenvalue weighted by Crippen LogP contribution is -2.26. The van der Waals surface area contributed by atoms with Gasteiger partial charge in [0.15, 0.2) is 0 Å². The fourth-order valence-corrected chi connectivity index (χ4v) is 3.83. The Hall–Kier alpha value is -3.49. The van der Waals surface area contributed by atoms with Crippen LogP contribution in [0.5, 0.6) is 0 Å². The number of hydrogen-bond donors (Lipinski definition) is 2. The van der Waals surface area contributed by atoms with Crippen LogP contribution in [0, 0.1) is 13.8 Å². The maximum absolute atomic E-state index is 13.1. The number of aryl methyl sites for hydroxylation is 2. The largest absolute Gasteiger partial charge is 0.444 e. The molecule has 0 unspecified atom stereocenters. The maximum Gasteiger partial charge on any atom is 0.339 e. The Morgan fingerprint density at radius 3 is 2.31 bits per heavy atom. The molecule has 0 heterocycles. The molecule has 0 aliphatic carbocycles. The molecule has 0 radical (unpaired) electrons. The molecule has 0 spiro atoms. The lowest BCUT2D eigenvalue weighted by molar-refractivity contribution is -0.125. The topological polar surface area (TPSA) is 102 Å². The maximum atomic E-state index is 13.1. The predicted molar refractivity (Wildman–Crippen MR) is 122 cm³/mol. The fraction of sp³-hybridized carbons (Fsp3) is 0.167. The van der Waals surface area contributed by atoms with Gasteiger partial charge in [0.25, 0.3) is 5.91 Å². The molecule has 0 bridgehead atoms. The van der Waals surface area contributed by atoms with Crippen molar-refractivity contribution in [1.29, 1.82) is 0 Å². The van der Waals surface area contributed by atoms with E-state index >= 15 is 0 Å². The van der Waals surface area contributed by atoms with Crippen molar-refractivity contribution in [2.45, 2.75) is 24.8 Å². The first-order valence-electron chi connectivity index (χ1n) is 9.89. The summed E-state index contributed by atoms with van der Waals surface area (Å²) in [4.78, 5) is 25.9. The summed E-state index contributed by atoms with van der Waals surface area (Å²) in [5, 5.41) is 2.83. The van der Waals surface area contributed by atoms with Crippen LogP contribution in [0.25, 0.3) is 0 Å². The molecule has 2 N–H and O–H groups in total. The van der Waals surface area contributed by atoms with Crippen LogP contribution in [-0.2, 0) is 19.6 Å². The fourth-order valence-electron chi connectivity index (χ4n) is 3.05. The van der Waals surface area contributed by atoms with Gasteiger partial charge in [-0.3, -0.25) is 4.79 Å². The predicted octanol–water partition coefficient (Wildman–Crippen LogP) is 3.75. The van der Waals surface area contributed by atoms with Crippen molar-refractivity contribution in [2.75, 3.05) is 12.4 Å². The molecule has 3 aromatic carbocycles. The minimum Gasteiger partial charge on any atom is -0.444 e. The van der Waals surface area contributed by atoms with Gasteiger partial charge in [-0.2, -0.15) is 0 Å². The van der Waals surface area contributed by atoms with Crippen molar-refractivity contribution in [3.8, 4) is 0 Å². The van der Waals surface area contributed by atoms with Crippen molar-refractivity contribution >= 4 is 27.6 Å². The third-order valence-corrected chi connectivity index (χ3v) is 6.28. The summed E-state index contributed by atoms with van der Waals surface area (Å²) in [7, 11) is -2.46. The second-order valence-corrected chi connectivity index (χ2v) is 9.13. The van der Waals surface area contributed by atoms with Gasteiger partial charge in [-0.15, -0.1) is 0 Å². The average molecular weight is 453 g/mol. The molecular formula is C24H24N2O5S. The zero-order valence-electron chi connectivity index (χ0n) is 18.0. The summed E-state index contributed by atoms with van der Waals surface area (Å²) >= 11 is 0. The van der Waals surface area contributed by atoms with Gasteiger partial charge in [-0.05, 0) is 56.3 Å². The second kappa shape index (κ2) is 9.76. The highest BCUT2D eigenvalue weighted by Crippen LogP contribution is 2.24.